The Hall–Kier alpha value is -3.55. The molecule has 4 rings (SSSR count). The third-order valence-electron chi connectivity index (χ3n) is 7.33. The fourth-order valence-electron chi connectivity index (χ4n) is 5.00. The highest BCUT2D eigenvalue weighted by molar-refractivity contribution is 5.92. The van der Waals surface area contributed by atoms with Crippen LogP contribution in [0, 0.1) is 5.82 Å². The van der Waals surface area contributed by atoms with E-state index in [1.807, 2.05) is 0 Å². The summed E-state index contributed by atoms with van der Waals surface area (Å²) in [5, 5.41) is 0. The summed E-state index contributed by atoms with van der Waals surface area (Å²) in [6, 6.07) is 4.65. The predicted molar refractivity (Wildman–Crippen MR) is 133 cm³/mol. The van der Waals surface area contributed by atoms with Crippen LogP contribution in [0.5, 0.6) is 0 Å². The van der Waals surface area contributed by atoms with Crippen LogP contribution in [0.4, 0.5) is 46.0 Å². The monoisotopic (exact) mass is 591 g/mol. The highest BCUT2D eigenvalue weighted by atomic mass is 19.4. The molecule has 7 nitrogen and oxygen atoms in total. The first kappa shape index (κ1) is 30.4. The van der Waals surface area contributed by atoms with Crippen molar-refractivity contribution in [2.24, 2.45) is 0 Å². The summed E-state index contributed by atoms with van der Waals surface area (Å²) in [5.74, 6) is -1.05. The van der Waals surface area contributed by atoms with E-state index in [-0.39, 0.29) is 25.3 Å². The summed E-state index contributed by atoms with van der Waals surface area (Å²) in [6.07, 6.45) is -10.1. The summed E-state index contributed by atoms with van der Waals surface area (Å²) in [4.78, 5) is 29.7. The van der Waals surface area contributed by atoms with Crippen LogP contribution in [-0.2, 0) is 21.8 Å². The van der Waals surface area contributed by atoms with Crippen molar-refractivity contribution in [2.45, 2.75) is 43.3 Å². The number of likely N-dealkylation sites (tertiary alicyclic amines) is 1. The van der Waals surface area contributed by atoms with E-state index in [4.69, 9.17) is 9.47 Å². The van der Waals surface area contributed by atoms with Crippen molar-refractivity contribution in [3.8, 4) is 0 Å². The first-order valence-corrected chi connectivity index (χ1v) is 12.7. The minimum absolute atomic E-state index is 0.0189. The third kappa shape index (κ3) is 7.03. The molecule has 0 spiro atoms. The molecule has 2 aliphatic heterocycles. The quantitative estimate of drug-likeness (QED) is 0.401. The second kappa shape index (κ2) is 11.7. The zero-order valence-corrected chi connectivity index (χ0v) is 22.1. The van der Waals surface area contributed by atoms with Crippen molar-refractivity contribution in [3.05, 3.63) is 65.0 Å². The Bertz CT molecular complexity index is 1210. The maximum atomic E-state index is 13.6. The number of urea groups is 1. The second-order valence-corrected chi connectivity index (χ2v) is 10.0. The second-order valence-electron chi connectivity index (χ2n) is 10.0. The van der Waals surface area contributed by atoms with E-state index < -0.39 is 59.1 Å². The molecule has 2 atom stereocenters. The lowest BCUT2D eigenvalue weighted by molar-refractivity contribution is -0.143. The van der Waals surface area contributed by atoms with Gasteiger partial charge in [-0.15, -0.1) is 0 Å². The number of carbonyl (C=O) groups excluding carboxylic acids is 2. The predicted octanol–water partition coefficient (Wildman–Crippen LogP) is 6.13. The SMILES string of the molecule is CN(C(=O)N(C)[C@@H]1CN(C(=O)OC2CCOCC2)C[C@H]1c1ccc(F)cc1)c1cc(C(F)(F)F)cc(C(F)(F)F)c1. The maximum absolute atomic E-state index is 13.6. The van der Waals surface area contributed by atoms with E-state index in [1.54, 1.807) is 0 Å². The van der Waals surface area contributed by atoms with Gasteiger partial charge in [0.1, 0.15) is 11.9 Å². The molecule has 2 aromatic carbocycles. The van der Waals surface area contributed by atoms with Gasteiger partial charge >= 0.3 is 24.5 Å². The number of ether oxygens (including phenoxy) is 2. The molecule has 2 fully saturated rings. The number of halogens is 7. The number of likely N-dealkylation sites (N-methyl/N-ethyl adjacent to an activating group) is 1. The molecule has 0 aromatic heterocycles. The van der Waals surface area contributed by atoms with Crippen LogP contribution >= 0.6 is 0 Å². The van der Waals surface area contributed by atoms with Gasteiger partial charge in [0.05, 0.1) is 30.4 Å². The van der Waals surface area contributed by atoms with E-state index in [9.17, 15) is 40.3 Å². The summed E-state index contributed by atoms with van der Waals surface area (Å²) >= 11 is 0. The Balaban J connectivity index is 1.60. The number of benzene rings is 2. The number of amides is 3. The van der Waals surface area contributed by atoms with Crippen LogP contribution in [0.25, 0.3) is 0 Å². The minimum atomic E-state index is -5.09. The summed E-state index contributed by atoms with van der Waals surface area (Å²) < 4.78 is 105. The van der Waals surface area contributed by atoms with Crippen molar-refractivity contribution < 1.29 is 49.8 Å². The number of carbonyl (C=O) groups is 2. The number of hydrogen-bond donors (Lipinski definition) is 0. The van der Waals surface area contributed by atoms with E-state index in [0.717, 1.165) is 11.9 Å². The number of anilines is 1. The van der Waals surface area contributed by atoms with Crippen molar-refractivity contribution in [1.29, 1.82) is 0 Å². The molecule has 2 saturated heterocycles. The summed E-state index contributed by atoms with van der Waals surface area (Å²) in [7, 11) is 2.40. The zero-order valence-electron chi connectivity index (χ0n) is 22.1. The summed E-state index contributed by atoms with van der Waals surface area (Å²) in [5.41, 5.74) is -3.15. The van der Waals surface area contributed by atoms with Gasteiger partial charge in [0.2, 0.25) is 0 Å². The first-order valence-electron chi connectivity index (χ1n) is 12.7. The Morgan fingerprint density at radius 2 is 1.46 bits per heavy atom. The largest absolute Gasteiger partial charge is 0.446 e. The molecule has 0 bridgehead atoms. The van der Waals surface area contributed by atoms with Crippen molar-refractivity contribution in [2.75, 3.05) is 45.3 Å². The Kier molecular flexibility index (Phi) is 8.71. The van der Waals surface area contributed by atoms with Crippen LogP contribution in [0.15, 0.2) is 42.5 Å². The van der Waals surface area contributed by atoms with Crippen LogP contribution < -0.4 is 4.90 Å². The molecule has 0 radical (unpaired) electrons. The maximum Gasteiger partial charge on any atom is 0.416 e. The smallest absolute Gasteiger partial charge is 0.416 e. The minimum Gasteiger partial charge on any atom is -0.446 e. The van der Waals surface area contributed by atoms with Crippen molar-refractivity contribution in [3.63, 3.8) is 0 Å². The normalized spacial score (nSPS) is 20.2. The van der Waals surface area contributed by atoms with Crippen molar-refractivity contribution >= 4 is 17.8 Å². The van der Waals surface area contributed by atoms with Crippen molar-refractivity contribution in [1.82, 2.24) is 9.80 Å². The van der Waals surface area contributed by atoms with Gasteiger partial charge in [0, 0.05) is 51.6 Å². The lowest BCUT2D eigenvalue weighted by atomic mass is 9.93. The molecule has 3 amide bonds. The number of rotatable bonds is 4. The van der Waals surface area contributed by atoms with E-state index in [2.05, 4.69) is 0 Å². The zero-order chi connectivity index (χ0) is 30.1. The molecule has 2 heterocycles. The molecule has 0 aliphatic carbocycles. The molecule has 0 unspecified atom stereocenters. The van der Waals surface area contributed by atoms with Gasteiger partial charge in [-0.2, -0.15) is 26.3 Å². The fourth-order valence-corrected chi connectivity index (χ4v) is 5.00. The molecular weight excluding hydrogens is 563 g/mol. The third-order valence-corrected chi connectivity index (χ3v) is 7.33. The lowest BCUT2D eigenvalue weighted by Gasteiger charge is -2.33. The van der Waals surface area contributed by atoms with Gasteiger partial charge in [-0.05, 0) is 35.9 Å². The fraction of sp³-hybridized carbons (Fsp3) is 0.481. The van der Waals surface area contributed by atoms with Crippen LogP contribution in [0.1, 0.15) is 35.4 Å². The first-order chi connectivity index (χ1) is 19.1. The Morgan fingerprint density at radius 3 is 2.00 bits per heavy atom. The van der Waals surface area contributed by atoms with E-state index in [1.165, 1.54) is 36.2 Å². The molecular formula is C27H28F7N3O4. The number of nitrogens with zero attached hydrogens (tertiary/aromatic N) is 3. The standard InChI is InChI=1S/C27H28F7N3O4/c1-35(20-12-17(26(29,30)31)11-18(13-20)27(32,33)34)24(38)36(2)23-15-37(25(39)41-21-7-9-40-10-8-21)14-22(23)16-3-5-19(28)6-4-16/h3-6,11-13,21-23H,7-10,14-15H2,1-2H3/t22-,23+/m0/s1. The number of alkyl halides is 6. The van der Waals surface area contributed by atoms with E-state index >= 15 is 0 Å². The molecule has 41 heavy (non-hydrogen) atoms. The molecule has 2 aromatic rings. The number of hydrogen-bond acceptors (Lipinski definition) is 4. The van der Waals surface area contributed by atoms with Gasteiger partial charge in [0.25, 0.3) is 0 Å². The average molecular weight is 592 g/mol. The van der Waals surface area contributed by atoms with Gasteiger partial charge in [-0.3, -0.25) is 4.90 Å². The Labute approximate surface area is 231 Å². The van der Waals surface area contributed by atoms with Crippen LogP contribution in [0.3, 0.4) is 0 Å². The van der Waals surface area contributed by atoms with Gasteiger partial charge in [-0.25, -0.2) is 14.0 Å². The van der Waals surface area contributed by atoms with Crippen LogP contribution in [0.2, 0.25) is 0 Å². The van der Waals surface area contributed by atoms with Gasteiger partial charge in [0.15, 0.2) is 0 Å². The molecule has 14 heteroatoms. The molecule has 2 aliphatic rings. The molecule has 224 valence electrons. The highest BCUT2D eigenvalue weighted by Gasteiger charge is 2.43. The molecule has 0 N–H and O–H groups in total. The van der Waals surface area contributed by atoms with Gasteiger partial charge < -0.3 is 19.3 Å². The lowest BCUT2D eigenvalue weighted by Crippen LogP contribution is -2.48. The molecule has 0 saturated carbocycles. The average Bonchev–Trinajstić information content (AvgIpc) is 3.37. The van der Waals surface area contributed by atoms with E-state index in [0.29, 0.717) is 48.7 Å². The summed E-state index contributed by atoms with van der Waals surface area (Å²) in [6.45, 7) is 0.930. The highest BCUT2D eigenvalue weighted by Crippen LogP contribution is 2.39. The van der Waals surface area contributed by atoms with Crippen LogP contribution in [-0.4, -0.2) is 74.5 Å². The topological polar surface area (TPSA) is 62.3 Å². The van der Waals surface area contributed by atoms with Gasteiger partial charge in [-0.1, -0.05) is 12.1 Å². The Morgan fingerprint density at radius 1 is 0.902 bits per heavy atom.